The van der Waals surface area contributed by atoms with Crippen LogP contribution in [0.1, 0.15) is 10.4 Å². The lowest BCUT2D eigenvalue weighted by atomic mass is 10.1. The Hall–Kier alpha value is -0.730. The second kappa shape index (κ2) is 3.20. The maximum Gasteiger partial charge on any atom is 0.138 e. The molecule has 1 aromatic carbocycles. The molecule has 1 nitrogen and oxygen atoms in total. The van der Waals surface area contributed by atoms with Crippen molar-refractivity contribution in [3.8, 4) is 5.75 Å². The first-order valence-electron chi connectivity index (χ1n) is 4.00. The Bertz CT molecular complexity index is 447. The molecule has 0 aliphatic rings. The molecule has 0 saturated carbocycles. The highest BCUT2D eigenvalue weighted by Gasteiger charge is 2.11. The highest BCUT2D eigenvalue weighted by molar-refractivity contribution is 7.19. The zero-order chi connectivity index (χ0) is 9.42. The van der Waals surface area contributed by atoms with Crippen LogP contribution in [-0.2, 0) is 5.88 Å². The maximum atomic E-state index is 9.80. The van der Waals surface area contributed by atoms with Crippen molar-refractivity contribution < 1.29 is 5.11 Å². The highest BCUT2D eigenvalue weighted by Crippen LogP contribution is 2.39. The van der Waals surface area contributed by atoms with Gasteiger partial charge in [-0.15, -0.1) is 22.9 Å². The fraction of sp³-hybridized carbons (Fsp3) is 0.200. The van der Waals surface area contributed by atoms with Gasteiger partial charge in [-0.2, -0.15) is 0 Å². The van der Waals surface area contributed by atoms with Crippen LogP contribution < -0.4 is 0 Å². The number of benzene rings is 1. The van der Waals surface area contributed by atoms with Crippen LogP contribution in [0.25, 0.3) is 10.1 Å². The topological polar surface area (TPSA) is 20.2 Å². The number of thiophene rings is 1. The molecular formula is C10H9ClOS. The summed E-state index contributed by atoms with van der Waals surface area (Å²) in [6.45, 7) is 1.99. The van der Waals surface area contributed by atoms with E-state index < -0.39 is 0 Å². The van der Waals surface area contributed by atoms with Crippen molar-refractivity contribution in [2.75, 3.05) is 0 Å². The zero-order valence-electron chi connectivity index (χ0n) is 7.17. The molecule has 1 N–H and O–H groups in total. The standard InChI is InChI=1S/C10H9ClOS/c1-6-3-2-4-7-9(6)10(12)8(5-11)13-7/h2-4,12H,5H2,1H3. The molecule has 0 fully saturated rings. The lowest BCUT2D eigenvalue weighted by Crippen LogP contribution is -1.73. The van der Waals surface area contributed by atoms with Gasteiger partial charge in [0.05, 0.1) is 10.8 Å². The van der Waals surface area contributed by atoms with Gasteiger partial charge in [0.2, 0.25) is 0 Å². The molecule has 0 atom stereocenters. The van der Waals surface area contributed by atoms with Gasteiger partial charge in [-0.3, -0.25) is 0 Å². The Morgan fingerprint density at radius 3 is 2.85 bits per heavy atom. The number of alkyl halides is 1. The van der Waals surface area contributed by atoms with E-state index in [4.69, 9.17) is 11.6 Å². The molecule has 1 heterocycles. The first-order chi connectivity index (χ1) is 6.24. The van der Waals surface area contributed by atoms with Gasteiger partial charge in [-0.1, -0.05) is 12.1 Å². The van der Waals surface area contributed by atoms with Crippen molar-refractivity contribution in [2.45, 2.75) is 12.8 Å². The van der Waals surface area contributed by atoms with Gasteiger partial charge in [0.1, 0.15) is 5.75 Å². The lowest BCUT2D eigenvalue weighted by molar-refractivity contribution is 0.479. The summed E-state index contributed by atoms with van der Waals surface area (Å²) in [6, 6.07) is 5.99. The maximum absolute atomic E-state index is 9.80. The van der Waals surface area contributed by atoms with E-state index in [1.54, 1.807) is 11.3 Å². The number of halogens is 1. The van der Waals surface area contributed by atoms with E-state index in [9.17, 15) is 5.11 Å². The monoisotopic (exact) mass is 212 g/mol. The van der Waals surface area contributed by atoms with E-state index in [1.807, 2.05) is 25.1 Å². The van der Waals surface area contributed by atoms with Crippen molar-refractivity contribution >= 4 is 33.0 Å². The average Bonchev–Trinajstić information content (AvgIpc) is 2.44. The summed E-state index contributed by atoms with van der Waals surface area (Å²) in [6.07, 6.45) is 0. The van der Waals surface area contributed by atoms with Gasteiger partial charge in [-0.25, -0.2) is 0 Å². The van der Waals surface area contributed by atoms with Gasteiger partial charge in [-0.05, 0) is 18.6 Å². The predicted molar refractivity (Wildman–Crippen MR) is 57.8 cm³/mol. The summed E-state index contributed by atoms with van der Waals surface area (Å²) in [4.78, 5) is 0.853. The summed E-state index contributed by atoms with van der Waals surface area (Å²) in [5.41, 5.74) is 1.10. The Balaban J connectivity index is 2.85. The SMILES string of the molecule is Cc1cccc2sc(CCl)c(O)c12. The largest absolute Gasteiger partial charge is 0.506 e. The van der Waals surface area contributed by atoms with Gasteiger partial charge in [0.25, 0.3) is 0 Å². The van der Waals surface area contributed by atoms with Crippen LogP contribution in [0, 0.1) is 6.92 Å². The second-order valence-corrected chi connectivity index (χ2v) is 4.36. The minimum absolute atomic E-state index is 0.355. The molecule has 1 aromatic heterocycles. The highest BCUT2D eigenvalue weighted by atomic mass is 35.5. The van der Waals surface area contributed by atoms with Crippen molar-refractivity contribution in [2.24, 2.45) is 0 Å². The minimum Gasteiger partial charge on any atom is -0.506 e. The first kappa shape index (κ1) is 8.85. The number of rotatable bonds is 1. The second-order valence-electron chi connectivity index (χ2n) is 2.96. The third-order valence-electron chi connectivity index (χ3n) is 2.09. The normalized spacial score (nSPS) is 10.9. The first-order valence-corrected chi connectivity index (χ1v) is 5.35. The van der Waals surface area contributed by atoms with Crippen LogP contribution in [-0.4, -0.2) is 5.11 Å². The molecule has 13 heavy (non-hydrogen) atoms. The van der Waals surface area contributed by atoms with Crippen molar-refractivity contribution in [3.05, 3.63) is 28.6 Å². The number of aromatic hydroxyl groups is 1. The molecule has 0 aliphatic carbocycles. The summed E-state index contributed by atoms with van der Waals surface area (Å²) >= 11 is 7.26. The van der Waals surface area contributed by atoms with E-state index in [0.717, 1.165) is 20.5 Å². The molecule has 0 radical (unpaired) electrons. The smallest absolute Gasteiger partial charge is 0.138 e. The Morgan fingerprint density at radius 2 is 2.23 bits per heavy atom. The van der Waals surface area contributed by atoms with Gasteiger partial charge in [0, 0.05) is 10.1 Å². The summed E-state index contributed by atoms with van der Waals surface area (Å²) < 4.78 is 1.10. The van der Waals surface area contributed by atoms with Crippen LogP contribution in [0.4, 0.5) is 0 Å². The van der Waals surface area contributed by atoms with E-state index in [0.29, 0.717) is 11.6 Å². The fourth-order valence-electron chi connectivity index (χ4n) is 1.44. The molecular weight excluding hydrogens is 204 g/mol. The third-order valence-corrected chi connectivity index (χ3v) is 3.66. The van der Waals surface area contributed by atoms with Crippen molar-refractivity contribution in [1.82, 2.24) is 0 Å². The molecule has 0 saturated heterocycles. The molecule has 68 valence electrons. The van der Waals surface area contributed by atoms with Gasteiger partial charge >= 0.3 is 0 Å². The van der Waals surface area contributed by atoms with Gasteiger partial charge < -0.3 is 5.11 Å². The van der Waals surface area contributed by atoms with E-state index >= 15 is 0 Å². The molecule has 3 heteroatoms. The Labute approximate surface area is 85.6 Å². The molecule has 0 spiro atoms. The predicted octanol–water partition coefficient (Wildman–Crippen LogP) is 3.65. The van der Waals surface area contributed by atoms with Crippen LogP contribution in [0.15, 0.2) is 18.2 Å². The summed E-state index contributed by atoms with van der Waals surface area (Å²) in [5, 5.41) is 10.7. The number of hydrogen-bond donors (Lipinski definition) is 1. The molecule has 0 bridgehead atoms. The quantitative estimate of drug-likeness (QED) is 0.716. The molecule has 0 unspecified atom stereocenters. The lowest BCUT2D eigenvalue weighted by Gasteiger charge is -1.95. The summed E-state index contributed by atoms with van der Waals surface area (Å²) in [5.74, 6) is 0.734. The molecule has 2 rings (SSSR count). The van der Waals surface area contributed by atoms with Crippen LogP contribution in [0.2, 0.25) is 0 Å². The van der Waals surface area contributed by atoms with Gasteiger partial charge in [0.15, 0.2) is 0 Å². The van der Waals surface area contributed by atoms with E-state index in [1.165, 1.54) is 0 Å². The van der Waals surface area contributed by atoms with E-state index in [2.05, 4.69) is 0 Å². The number of hydrogen-bond acceptors (Lipinski definition) is 2. The molecule has 0 amide bonds. The average molecular weight is 213 g/mol. The van der Waals surface area contributed by atoms with Crippen molar-refractivity contribution in [1.29, 1.82) is 0 Å². The van der Waals surface area contributed by atoms with Crippen molar-refractivity contribution in [3.63, 3.8) is 0 Å². The zero-order valence-corrected chi connectivity index (χ0v) is 8.75. The number of fused-ring (bicyclic) bond motifs is 1. The Kier molecular flexibility index (Phi) is 2.18. The molecule has 0 aliphatic heterocycles. The molecule has 2 aromatic rings. The minimum atomic E-state index is 0.355. The third kappa shape index (κ3) is 1.30. The van der Waals surface area contributed by atoms with E-state index in [-0.39, 0.29) is 0 Å². The van der Waals surface area contributed by atoms with Crippen LogP contribution >= 0.6 is 22.9 Å². The summed E-state index contributed by atoms with van der Waals surface area (Å²) in [7, 11) is 0. The van der Waals surface area contributed by atoms with Crippen LogP contribution in [0.5, 0.6) is 5.75 Å². The fourth-order valence-corrected chi connectivity index (χ4v) is 2.76. The Morgan fingerprint density at radius 1 is 1.46 bits per heavy atom. The number of aryl methyl sites for hydroxylation is 1. The van der Waals surface area contributed by atoms with Crippen LogP contribution in [0.3, 0.4) is 0 Å².